The maximum Gasteiger partial charge on any atom is 0.236 e. The van der Waals surface area contributed by atoms with Crippen LogP contribution in [0.3, 0.4) is 0 Å². The normalized spacial score (nSPS) is 12.5. The van der Waals surface area contributed by atoms with Crippen molar-refractivity contribution in [2.75, 3.05) is 0 Å². The summed E-state index contributed by atoms with van der Waals surface area (Å²) in [4.78, 5) is 14.7. The highest BCUT2D eigenvalue weighted by molar-refractivity contribution is 8.00. The molecular weight excluding hydrogens is 384 g/mol. The van der Waals surface area contributed by atoms with Crippen LogP contribution < -0.4 is 4.74 Å². The monoisotopic (exact) mass is 410 g/mol. The van der Waals surface area contributed by atoms with Gasteiger partial charge in [-0.15, -0.1) is 10.2 Å². The number of aromatic nitrogens is 3. The lowest BCUT2D eigenvalue weighted by molar-refractivity contribution is -0.133. The number of benzene rings is 1. The number of nitrogens with zero attached hydrogens (tertiary/aromatic N) is 4. The predicted octanol–water partition coefficient (Wildman–Crippen LogP) is 4.17. The Kier molecular flexibility index (Phi) is 7.56. The molecule has 1 amide bonds. The summed E-state index contributed by atoms with van der Waals surface area (Å²) in [5.74, 6) is 1.37. The second-order valence-electron chi connectivity index (χ2n) is 6.87. The van der Waals surface area contributed by atoms with Gasteiger partial charge in [-0.25, -0.2) is 0 Å². The van der Waals surface area contributed by atoms with E-state index in [-0.39, 0.29) is 29.8 Å². The van der Waals surface area contributed by atoms with E-state index in [1.807, 2.05) is 69.3 Å². The quantitative estimate of drug-likeness (QED) is 0.611. The van der Waals surface area contributed by atoms with E-state index >= 15 is 0 Å². The summed E-state index contributed by atoms with van der Waals surface area (Å²) in [5.41, 5.74) is 0. The number of hydrogen-bond acceptors (Lipinski definition) is 5. The van der Waals surface area contributed by atoms with Crippen LogP contribution in [0, 0.1) is 0 Å². The fourth-order valence-corrected chi connectivity index (χ4v) is 3.88. The van der Waals surface area contributed by atoms with Crippen molar-refractivity contribution in [2.45, 2.75) is 63.7 Å². The molecule has 148 valence electrons. The van der Waals surface area contributed by atoms with E-state index in [1.165, 1.54) is 11.8 Å². The summed E-state index contributed by atoms with van der Waals surface area (Å²) in [5, 5.41) is 9.38. The molecule has 0 aliphatic rings. The Hall–Kier alpha value is -1.73. The Morgan fingerprint density at radius 3 is 2.41 bits per heavy atom. The zero-order valence-corrected chi connectivity index (χ0v) is 18.2. The number of thioether (sulfide) groups is 1. The third-order valence-electron chi connectivity index (χ3n) is 4.12. The van der Waals surface area contributed by atoms with E-state index in [2.05, 4.69) is 10.2 Å². The molecule has 8 heteroatoms. The first-order chi connectivity index (χ1) is 12.7. The van der Waals surface area contributed by atoms with Gasteiger partial charge in [-0.3, -0.25) is 4.79 Å². The zero-order valence-electron chi connectivity index (χ0n) is 16.6. The lowest BCUT2D eigenvalue weighted by atomic mass is 10.2. The van der Waals surface area contributed by atoms with Gasteiger partial charge in [0.05, 0.1) is 10.3 Å². The van der Waals surface area contributed by atoms with E-state index in [4.69, 9.17) is 16.3 Å². The summed E-state index contributed by atoms with van der Waals surface area (Å²) >= 11 is 7.51. The fourth-order valence-electron chi connectivity index (χ4n) is 2.80. The molecule has 27 heavy (non-hydrogen) atoms. The van der Waals surface area contributed by atoms with Gasteiger partial charge in [0, 0.05) is 19.1 Å². The molecule has 0 saturated heterocycles. The van der Waals surface area contributed by atoms with Crippen LogP contribution in [-0.2, 0) is 18.4 Å². The Labute approximate surface area is 170 Å². The van der Waals surface area contributed by atoms with Crippen LogP contribution >= 0.6 is 23.4 Å². The van der Waals surface area contributed by atoms with Gasteiger partial charge in [0.25, 0.3) is 0 Å². The van der Waals surface area contributed by atoms with Crippen LogP contribution in [0.5, 0.6) is 5.75 Å². The van der Waals surface area contributed by atoms with Crippen molar-refractivity contribution in [2.24, 2.45) is 7.05 Å². The molecule has 0 radical (unpaired) electrons. The van der Waals surface area contributed by atoms with Crippen molar-refractivity contribution in [3.63, 3.8) is 0 Å². The van der Waals surface area contributed by atoms with Crippen molar-refractivity contribution in [3.8, 4) is 5.75 Å². The van der Waals surface area contributed by atoms with Crippen molar-refractivity contribution >= 4 is 29.3 Å². The molecule has 1 aromatic heterocycles. The number of rotatable bonds is 8. The Morgan fingerprint density at radius 2 is 1.81 bits per heavy atom. The molecule has 1 atom stereocenters. The smallest absolute Gasteiger partial charge is 0.236 e. The maximum atomic E-state index is 12.8. The SMILES string of the molecule is CC(C)N(C(=O)[C@@H](C)Sc1nnc(COc2ccccc2Cl)n1C)C(C)C. The maximum absolute atomic E-state index is 12.8. The Morgan fingerprint density at radius 1 is 1.19 bits per heavy atom. The predicted molar refractivity (Wildman–Crippen MR) is 109 cm³/mol. The summed E-state index contributed by atoms with van der Waals surface area (Å²) in [6.45, 7) is 10.3. The number of amides is 1. The van der Waals surface area contributed by atoms with E-state index in [0.717, 1.165) is 0 Å². The molecule has 0 aliphatic heterocycles. The third-order valence-corrected chi connectivity index (χ3v) is 5.55. The number of halogens is 1. The second-order valence-corrected chi connectivity index (χ2v) is 8.59. The first kappa shape index (κ1) is 21.6. The highest BCUT2D eigenvalue weighted by Crippen LogP contribution is 2.26. The van der Waals surface area contributed by atoms with E-state index in [1.54, 1.807) is 6.07 Å². The average molecular weight is 411 g/mol. The summed E-state index contributed by atoms with van der Waals surface area (Å²) in [6.07, 6.45) is 0. The van der Waals surface area contributed by atoms with Crippen molar-refractivity contribution in [1.29, 1.82) is 0 Å². The van der Waals surface area contributed by atoms with E-state index in [0.29, 0.717) is 21.8 Å². The van der Waals surface area contributed by atoms with Crippen molar-refractivity contribution in [1.82, 2.24) is 19.7 Å². The highest BCUT2D eigenvalue weighted by Gasteiger charge is 2.27. The van der Waals surface area contributed by atoms with Gasteiger partial charge < -0.3 is 14.2 Å². The molecular formula is C19H27ClN4O2S. The molecule has 6 nitrogen and oxygen atoms in total. The van der Waals surface area contributed by atoms with Crippen LogP contribution in [-0.4, -0.2) is 42.9 Å². The van der Waals surface area contributed by atoms with E-state index < -0.39 is 0 Å². The first-order valence-corrected chi connectivity index (χ1v) is 10.2. The molecule has 1 aromatic carbocycles. The highest BCUT2D eigenvalue weighted by atomic mass is 35.5. The van der Waals surface area contributed by atoms with Gasteiger partial charge in [-0.2, -0.15) is 0 Å². The number of carbonyl (C=O) groups is 1. The molecule has 0 N–H and O–H groups in total. The van der Waals surface area contributed by atoms with Crippen molar-refractivity contribution in [3.05, 3.63) is 35.1 Å². The van der Waals surface area contributed by atoms with Gasteiger partial charge in [0.2, 0.25) is 5.91 Å². The molecule has 0 bridgehead atoms. The number of hydrogen-bond donors (Lipinski definition) is 0. The van der Waals surface area contributed by atoms with Crippen LogP contribution in [0.4, 0.5) is 0 Å². The summed E-state index contributed by atoms with van der Waals surface area (Å²) < 4.78 is 7.58. The van der Waals surface area contributed by atoms with Crippen LogP contribution in [0.25, 0.3) is 0 Å². The zero-order chi connectivity index (χ0) is 20.1. The molecule has 0 fully saturated rings. The molecule has 0 spiro atoms. The van der Waals surface area contributed by atoms with Crippen molar-refractivity contribution < 1.29 is 9.53 Å². The summed E-state index contributed by atoms with van der Waals surface area (Å²) in [7, 11) is 1.87. The average Bonchev–Trinajstić information content (AvgIpc) is 2.93. The Bertz CT molecular complexity index is 771. The van der Waals surface area contributed by atoms with Crippen LogP contribution in [0.15, 0.2) is 29.4 Å². The fraction of sp³-hybridized carbons (Fsp3) is 0.526. The van der Waals surface area contributed by atoms with Gasteiger partial charge >= 0.3 is 0 Å². The van der Waals surface area contributed by atoms with Gasteiger partial charge in [-0.1, -0.05) is 35.5 Å². The first-order valence-electron chi connectivity index (χ1n) is 8.96. The number of ether oxygens (including phenoxy) is 1. The van der Waals surface area contributed by atoms with Gasteiger partial charge in [-0.05, 0) is 46.8 Å². The minimum Gasteiger partial charge on any atom is -0.484 e. The molecule has 2 aromatic rings. The number of para-hydroxylation sites is 1. The topological polar surface area (TPSA) is 60.3 Å². The van der Waals surface area contributed by atoms with Gasteiger partial charge in [0.15, 0.2) is 11.0 Å². The minimum absolute atomic E-state index is 0.0990. The third kappa shape index (κ3) is 5.39. The largest absolute Gasteiger partial charge is 0.484 e. The summed E-state index contributed by atoms with van der Waals surface area (Å²) in [6, 6.07) is 7.60. The lowest BCUT2D eigenvalue weighted by Crippen LogP contribution is -2.45. The Balaban J connectivity index is 2.04. The lowest BCUT2D eigenvalue weighted by Gasteiger charge is -2.32. The van der Waals surface area contributed by atoms with Gasteiger partial charge in [0.1, 0.15) is 12.4 Å². The van der Waals surface area contributed by atoms with E-state index in [9.17, 15) is 4.79 Å². The molecule has 0 saturated carbocycles. The standard InChI is InChI=1S/C19H27ClN4O2S/c1-12(2)24(13(3)4)18(25)14(5)27-19-22-21-17(23(19)6)11-26-16-10-8-7-9-15(16)20/h7-10,12-14H,11H2,1-6H3/t14-/m1/s1. The minimum atomic E-state index is -0.255. The van der Waals surface area contributed by atoms with Crippen LogP contribution in [0.1, 0.15) is 40.4 Å². The number of carbonyl (C=O) groups excluding carboxylic acids is 1. The van der Waals surface area contributed by atoms with Crippen LogP contribution in [0.2, 0.25) is 5.02 Å². The molecule has 1 heterocycles. The molecule has 2 rings (SSSR count). The molecule has 0 aliphatic carbocycles. The second kappa shape index (κ2) is 9.46. The molecule has 0 unspecified atom stereocenters.